The zero-order valence-corrected chi connectivity index (χ0v) is 22.4. The highest BCUT2D eigenvalue weighted by Gasteiger charge is 2.43. The molecule has 2 aromatic carbocycles. The van der Waals surface area contributed by atoms with E-state index in [9.17, 15) is 14.4 Å². The van der Waals surface area contributed by atoms with Gasteiger partial charge >= 0.3 is 0 Å². The molecule has 202 valence electrons. The third-order valence-corrected chi connectivity index (χ3v) is 8.86. The molecular formula is C32H41N3O3. The number of hydrogen-bond donors (Lipinski definition) is 2. The molecule has 0 bridgehead atoms. The summed E-state index contributed by atoms with van der Waals surface area (Å²) in [4.78, 5) is 42.9. The van der Waals surface area contributed by atoms with Crippen LogP contribution < -0.4 is 10.6 Å². The lowest BCUT2D eigenvalue weighted by Gasteiger charge is -2.40. The third-order valence-electron chi connectivity index (χ3n) is 8.86. The average Bonchev–Trinajstić information content (AvgIpc) is 3.16. The van der Waals surface area contributed by atoms with Crippen LogP contribution in [0.5, 0.6) is 0 Å². The Morgan fingerprint density at radius 3 is 2.32 bits per heavy atom. The fraction of sp³-hybridized carbons (Fsp3) is 0.531. The Hall–Kier alpha value is -2.99. The number of carbonyl (C=O) groups is 3. The minimum Gasteiger partial charge on any atom is -0.349 e. The van der Waals surface area contributed by atoms with Crippen LogP contribution in [0.4, 0.5) is 0 Å². The molecule has 1 heterocycles. The maximum Gasteiger partial charge on any atom is 0.251 e. The molecule has 2 aromatic rings. The first kappa shape index (κ1) is 26.6. The summed E-state index contributed by atoms with van der Waals surface area (Å²) in [6.45, 7) is 2.04. The summed E-state index contributed by atoms with van der Waals surface area (Å²) in [6, 6.07) is 17.5. The normalized spacial score (nSPS) is 23.5. The topological polar surface area (TPSA) is 78.5 Å². The molecule has 2 saturated carbocycles. The van der Waals surface area contributed by atoms with Crippen molar-refractivity contribution in [1.82, 2.24) is 15.5 Å². The molecule has 2 aliphatic carbocycles. The van der Waals surface area contributed by atoms with Crippen LogP contribution in [-0.4, -0.2) is 47.2 Å². The fourth-order valence-electron chi connectivity index (χ4n) is 6.67. The van der Waals surface area contributed by atoms with Crippen LogP contribution in [-0.2, 0) is 22.6 Å². The number of nitrogens with one attached hydrogen (secondary N) is 2. The number of aryl methyl sites for hydroxylation is 1. The SMILES string of the molecule is O=C(N[C@H]1CCCC[C@H]1C(=O)NC1(C(=O)CN2CCCc3ccccc3C2)CCCCC1)c1ccccc1. The van der Waals surface area contributed by atoms with Gasteiger partial charge in [0.1, 0.15) is 0 Å². The van der Waals surface area contributed by atoms with Gasteiger partial charge in [-0.25, -0.2) is 0 Å². The molecule has 2 fully saturated rings. The second-order valence-electron chi connectivity index (χ2n) is 11.5. The van der Waals surface area contributed by atoms with E-state index in [2.05, 4.69) is 39.8 Å². The summed E-state index contributed by atoms with van der Waals surface area (Å²) >= 11 is 0. The van der Waals surface area contributed by atoms with E-state index in [1.807, 2.05) is 18.2 Å². The van der Waals surface area contributed by atoms with Gasteiger partial charge in [-0.15, -0.1) is 0 Å². The van der Waals surface area contributed by atoms with Crippen molar-refractivity contribution in [2.75, 3.05) is 13.1 Å². The number of fused-ring (bicyclic) bond motifs is 1. The summed E-state index contributed by atoms with van der Waals surface area (Å²) in [5.74, 6) is -0.376. The monoisotopic (exact) mass is 515 g/mol. The molecular weight excluding hydrogens is 474 g/mol. The van der Waals surface area contributed by atoms with Crippen LogP contribution in [0, 0.1) is 5.92 Å². The fourth-order valence-corrected chi connectivity index (χ4v) is 6.67. The zero-order chi connectivity index (χ0) is 26.4. The van der Waals surface area contributed by atoms with Crippen molar-refractivity contribution in [2.24, 2.45) is 5.92 Å². The van der Waals surface area contributed by atoms with Crippen molar-refractivity contribution in [1.29, 1.82) is 0 Å². The van der Waals surface area contributed by atoms with Gasteiger partial charge in [0.05, 0.1) is 18.0 Å². The van der Waals surface area contributed by atoms with Crippen LogP contribution in [0.2, 0.25) is 0 Å². The van der Waals surface area contributed by atoms with Crippen LogP contribution in [0.1, 0.15) is 85.7 Å². The molecule has 1 aliphatic heterocycles. The zero-order valence-electron chi connectivity index (χ0n) is 22.4. The Morgan fingerprint density at radius 1 is 0.816 bits per heavy atom. The maximum atomic E-state index is 13.9. The molecule has 0 radical (unpaired) electrons. The summed E-state index contributed by atoms with van der Waals surface area (Å²) < 4.78 is 0. The van der Waals surface area contributed by atoms with E-state index >= 15 is 0 Å². The number of Topliss-reactive ketones (excluding diaryl/α,β-unsaturated/α-hetero) is 1. The number of hydrogen-bond acceptors (Lipinski definition) is 4. The van der Waals surface area contributed by atoms with Gasteiger partial charge in [-0.2, -0.15) is 0 Å². The predicted octanol–water partition coefficient (Wildman–Crippen LogP) is 4.81. The average molecular weight is 516 g/mol. The van der Waals surface area contributed by atoms with Crippen molar-refractivity contribution in [3.63, 3.8) is 0 Å². The van der Waals surface area contributed by atoms with E-state index in [0.717, 1.165) is 70.9 Å². The van der Waals surface area contributed by atoms with Gasteiger partial charge < -0.3 is 10.6 Å². The Balaban J connectivity index is 1.28. The Morgan fingerprint density at radius 2 is 1.53 bits per heavy atom. The summed E-state index contributed by atoms with van der Waals surface area (Å²) in [6.07, 6.45) is 9.96. The molecule has 2 amide bonds. The van der Waals surface area contributed by atoms with Gasteiger partial charge in [-0.05, 0) is 68.3 Å². The van der Waals surface area contributed by atoms with Crippen LogP contribution in [0.3, 0.4) is 0 Å². The Labute approximate surface area is 226 Å². The van der Waals surface area contributed by atoms with Gasteiger partial charge in [0.25, 0.3) is 5.91 Å². The number of carbonyl (C=O) groups excluding carboxylic acids is 3. The minimum absolute atomic E-state index is 0.0699. The maximum absolute atomic E-state index is 13.9. The summed E-state index contributed by atoms with van der Waals surface area (Å²) in [5.41, 5.74) is 2.49. The molecule has 2 atom stereocenters. The number of benzene rings is 2. The molecule has 0 unspecified atom stereocenters. The first-order chi connectivity index (χ1) is 18.5. The van der Waals surface area contributed by atoms with Gasteiger partial charge in [-0.1, -0.05) is 74.6 Å². The first-order valence-electron chi connectivity index (χ1n) is 14.5. The van der Waals surface area contributed by atoms with Gasteiger partial charge in [0.15, 0.2) is 5.78 Å². The van der Waals surface area contributed by atoms with Crippen LogP contribution in [0.15, 0.2) is 54.6 Å². The molecule has 5 rings (SSSR count). The van der Waals surface area contributed by atoms with E-state index < -0.39 is 5.54 Å². The molecule has 0 aromatic heterocycles. The lowest BCUT2D eigenvalue weighted by molar-refractivity contribution is -0.137. The van der Waals surface area contributed by atoms with Crippen molar-refractivity contribution >= 4 is 17.6 Å². The number of amides is 2. The predicted molar refractivity (Wildman–Crippen MR) is 149 cm³/mol. The van der Waals surface area contributed by atoms with E-state index in [0.29, 0.717) is 24.9 Å². The quantitative estimate of drug-likeness (QED) is 0.555. The van der Waals surface area contributed by atoms with E-state index in [1.54, 1.807) is 12.1 Å². The van der Waals surface area contributed by atoms with Gasteiger partial charge in [-0.3, -0.25) is 19.3 Å². The standard InChI is InChI=1S/C32H41N3O3/c36-29(23-35-21-11-16-24-12-5-6-15-26(24)22-35)32(19-9-2-10-20-32)34-31(38)27-17-7-8-18-28(27)33-30(37)25-13-3-1-4-14-25/h1,3-6,12-15,27-28H,2,7-11,16-23H2,(H,33,37)(H,34,38)/t27-,28+/m1/s1. The Kier molecular flexibility index (Phi) is 8.58. The van der Waals surface area contributed by atoms with Gasteiger partial charge in [0, 0.05) is 18.2 Å². The molecule has 0 saturated heterocycles. The first-order valence-corrected chi connectivity index (χ1v) is 14.5. The number of ketones is 1. The van der Waals surface area contributed by atoms with Crippen molar-refractivity contribution in [2.45, 2.75) is 88.8 Å². The van der Waals surface area contributed by atoms with Crippen molar-refractivity contribution in [3.05, 3.63) is 71.3 Å². The van der Waals surface area contributed by atoms with E-state index in [-0.39, 0.29) is 29.6 Å². The molecule has 6 nitrogen and oxygen atoms in total. The van der Waals surface area contributed by atoms with Crippen LogP contribution >= 0.6 is 0 Å². The lowest BCUT2D eigenvalue weighted by atomic mass is 9.76. The second-order valence-corrected chi connectivity index (χ2v) is 11.5. The van der Waals surface area contributed by atoms with E-state index in [1.165, 1.54) is 11.1 Å². The molecule has 3 aliphatic rings. The van der Waals surface area contributed by atoms with Crippen molar-refractivity contribution in [3.8, 4) is 0 Å². The molecule has 38 heavy (non-hydrogen) atoms. The second kappa shape index (κ2) is 12.2. The number of rotatable bonds is 7. The highest BCUT2D eigenvalue weighted by molar-refractivity contribution is 5.96. The van der Waals surface area contributed by atoms with Gasteiger partial charge in [0.2, 0.25) is 5.91 Å². The summed E-state index contributed by atoms with van der Waals surface area (Å²) in [5, 5.41) is 6.44. The molecule has 0 spiro atoms. The molecule has 2 N–H and O–H groups in total. The summed E-state index contributed by atoms with van der Waals surface area (Å²) in [7, 11) is 0. The highest BCUT2D eigenvalue weighted by Crippen LogP contribution is 2.32. The van der Waals surface area contributed by atoms with Crippen molar-refractivity contribution < 1.29 is 14.4 Å². The van der Waals surface area contributed by atoms with Crippen LogP contribution in [0.25, 0.3) is 0 Å². The minimum atomic E-state index is -0.799. The van der Waals surface area contributed by atoms with E-state index in [4.69, 9.17) is 0 Å². The lowest BCUT2D eigenvalue weighted by Crippen LogP contribution is -2.61. The Bertz CT molecular complexity index is 1130. The highest BCUT2D eigenvalue weighted by atomic mass is 16.2. The third kappa shape index (κ3) is 6.17. The largest absolute Gasteiger partial charge is 0.349 e. The smallest absolute Gasteiger partial charge is 0.251 e. The number of nitrogens with zero attached hydrogens (tertiary/aromatic N) is 1. The molecule has 6 heteroatoms.